The first-order valence-corrected chi connectivity index (χ1v) is 5.17. The highest BCUT2D eigenvalue weighted by atomic mass is 19.4. The van der Waals surface area contributed by atoms with Gasteiger partial charge in [0.2, 0.25) is 11.2 Å². The summed E-state index contributed by atoms with van der Waals surface area (Å²) in [6.45, 7) is 1.10. The van der Waals surface area contributed by atoms with E-state index in [9.17, 15) is 22.8 Å². The van der Waals surface area contributed by atoms with E-state index in [2.05, 4.69) is 14.5 Å². The fourth-order valence-corrected chi connectivity index (χ4v) is 1.27. The monoisotopic (exact) mass is 280 g/mol. The average molecular weight is 280 g/mol. The van der Waals surface area contributed by atoms with Crippen LogP contribution in [0.15, 0.2) is 11.0 Å². The van der Waals surface area contributed by atoms with Crippen molar-refractivity contribution in [2.24, 2.45) is 5.73 Å². The molecule has 1 heterocycles. The fourth-order valence-electron chi connectivity index (χ4n) is 1.27. The molecule has 0 saturated carbocycles. The second-order valence-corrected chi connectivity index (χ2v) is 3.32. The first kappa shape index (κ1) is 15.0. The van der Waals surface area contributed by atoms with E-state index in [1.165, 1.54) is 6.92 Å². The standard InChI is InChI=1S/C10H11F3N2O4/c1-2-18-9(17)6-8(19-10(11,12)13)7(16)5(3-14)4-15-6/h4H,2-3,14H2,1H3,(H,15,16). The number of carbonyl (C=O) groups excluding carboxylic acids is 1. The van der Waals surface area contributed by atoms with Gasteiger partial charge in [0.15, 0.2) is 5.69 Å². The van der Waals surface area contributed by atoms with Gasteiger partial charge in [0, 0.05) is 18.3 Å². The van der Waals surface area contributed by atoms with Crippen LogP contribution in [0, 0.1) is 0 Å². The SMILES string of the molecule is CCOC(=O)c1[nH]cc(CN)c(=O)c1OC(F)(F)F. The van der Waals surface area contributed by atoms with Crippen LogP contribution in [-0.4, -0.2) is 23.9 Å². The Morgan fingerprint density at radius 3 is 2.58 bits per heavy atom. The number of nitrogens with two attached hydrogens (primary N) is 1. The molecule has 0 bridgehead atoms. The molecular formula is C10H11F3N2O4. The largest absolute Gasteiger partial charge is 0.573 e. The zero-order valence-electron chi connectivity index (χ0n) is 9.84. The van der Waals surface area contributed by atoms with E-state index in [-0.39, 0.29) is 18.7 Å². The average Bonchev–Trinajstić information content (AvgIpc) is 2.30. The lowest BCUT2D eigenvalue weighted by molar-refractivity contribution is -0.275. The van der Waals surface area contributed by atoms with Gasteiger partial charge in [-0.2, -0.15) is 0 Å². The molecule has 0 aliphatic rings. The number of alkyl halides is 3. The number of ether oxygens (including phenoxy) is 2. The fraction of sp³-hybridized carbons (Fsp3) is 0.400. The quantitative estimate of drug-likeness (QED) is 0.799. The van der Waals surface area contributed by atoms with Crippen molar-refractivity contribution in [1.82, 2.24) is 4.98 Å². The van der Waals surface area contributed by atoms with Crippen LogP contribution >= 0.6 is 0 Å². The summed E-state index contributed by atoms with van der Waals surface area (Å²) in [5, 5.41) is 0. The normalized spacial score (nSPS) is 11.2. The molecule has 9 heteroatoms. The van der Waals surface area contributed by atoms with Crippen molar-refractivity contribution < 1.29 is 27.4 Å². The molecule has 0 amide bonds. The number of halogens is 3. The first-order chi connectivity index (χ1) is 8.80. The Kier molecular flexibility index (Phi) is 4.54. The van der Waals surface area contributed by atoms with Gasteiger partial charge in [-0.15, -0.1) is 13.2 Å². The molecule has 0 aliphatic carbocycles. The molecule has 0 unspecified atom stereocenters. The van der Waals surface area contributed by atoms with Gasteiger partial charge in [-0.3, -0.25) is 4.79 Å². The van der Waals surface area contributed by atoms with E-state index in [0.717, 1.165) is 6.20 Å². The maximum absolute atomic E-state index is 12.2. The van der Waals surface area contributed by atoms with E-state index in [1.54, 1.807) is 0 Å². The summed E-state index contributed by atoms with van der Waals surface area (Å²) in [6, 6.07) is 0. The van der Waals surface area contributed by atoms with Crippen molar-refractivity contribution in [3.05, 3.63) is 27.7 Å². The Morgan fingerprint density at radius 1 is 1.47 bits per heavy atom. The molecule has 0 saturated heterocycles. The molecule has 0 spiro atoms. The maximum atomic E-state index is 12.2. The van der Waals surface area contributed by atoms with Crippen LogP contribution < -0.4 is 15.9 Å². The Bertz CT molecular complexity index is 524. The Labute approximate surface area is 105 Å². The number of rotatable bonds is 4. The number of aromatic amines is 1. The maximum Gasteiger partial charge on any atom is 0.573 e. The molecule has 0 radical (unpaired) electrons. The van der Waals surface area contributed by atoms with E-state index in [1.807, 2.05) is 0 Å². The lowest BCUT2D eigenvalue weighted by Gasteiger charge is -2.12. The zero-order chi connectivity index (χ0) is 14.6. The molecule has 1 aromatic heterocycles. The van der Waals surface area contributed by atoms with Crippen molar-refractivity contribution >= 4 is 5.97 Å². The number of hydrogen-bond acceptors (Lipinski definition) is 5. The summed E-state index contributed by atoms with van der Waals surface area (Å²) < 4.78 is 44.8. The van der Waals surface area contributed by atoms with E-state index in [4.69, 9.17) is 5.73 Å². The minimum Gasteiger partial charge on any atom is -0.461 e. The number of H-pyrrole nitrogens is 1. The zero-order valence-corrected chi connectivity index (χ0v) is 9.84. The number of esters is 1. The van der Waals surface area contributed by atoms with Gasteiger partial charge in [0.05, 0.1) is 6.61 Å². The van der Waals surface area contributed by atoms with E-state index < -0.39 is 29.2 Å². The minimum atomic E-state index is -5.11. The van der Waals surface area contributed by atoms with Gasteiger partial charge in [-0.25, -0.2) is 4.79 Å². The lowest BCUT2D eigenvalue weighted by atomic mass is 10.2. The minimum absolute atomic E-state index is 0.0645. The van der Waals surface area contributed by atoms with E-state index in [0.29, 0.717) is 0 Å². The predicted octanol–water partition coefficient (Wildman–Crippen LogP) is 0.909. The predicted molar refractivity (Wildman–Crippen MR) is 57.6 cm³/mol. The molecule has 1 rings (SSSR count). The van der Waals surface area contributed by atoms with Crippen molar-refractivity contribution in [2.75, 3.05) is 6.61 Å². The van der Waals surface area contributed by atoms with Crippen molar-refractivity contribution in [2.45, 2.75) is 19.8 Å². The Balaban J connectivity index is 3.35. The molecule has 19 heavy (non-hydrogen) atoms. The molecule has 0 aliphatic heterocycles. The summed E-state index contributed by atoms with van der Waals surface area (Å²) >= 11 is 0. The highest BCUT2D eigenvalue weighted by Gasteiger charge is 2.35. The molecule has 0 atom stereocenters. The highest BCUT2D eigenvalue weighted by molar-refractivity contribution is 5.90. The molecule has 0 fully saturated rings. The summed E-state index contributed by atoms with van der Waals surface area (Å²) in [5.74, 6) is -2.30. The summed E-state index contributed by atoms with van der Waals surface area (Å²) in [5.41, 5.74) is 3.23. The van der Waals surface area contributed by atoms with Gasteiger partial charge >= 0.3 is 12.3 Å². The molecule has 0 aromatic carbocycles. The van der Waals surface area contributed by atoms with E-state index >= 15 is 0 Å². The van der Waals surface area contributed by atoms with Gasteiger partial charge in [0.1, 0.15) is 0 Å². The van der Waals surface area contributed by atoms with Crippen LogP contribution in [0.4, 0.5) is 13.2 Å². The number of pyridine rings is 1. The highest BCUT2D eigenvalue weighted by Crippen LogP contribution is 2.23. The second kappa shape index (κ2) is 5.74. The van der Waals surface area contributed by atoms with Crippen LogP contribution in [0.1, 0.15) is 23.0 Å². The number of hydrogen-bond donors (Lipinski definition) is 2. The van der Waals surface area contributed by atoms with Gasteiger partial charge in [-0.05, 0) is 6.92 Å². The summed E-state index contributed by atoms with van der Waals surface area (Å²) in [6.07, 6.45) is -4.07. The van der Waals surface area contributed by atoms with Crippen LogP contribution in [0.5, 0.6) is 5.75 Å². The lowest BCUT2D eigenvalue weighted by Crippen LogP contribution is -2.27. The smallest absolute Gasteiger partial charge is 0.461 e. The Hall–Kier alpha value is -2.03. The van der Waals surface area contributed by atoms with Crippen molar-refractivity contribution in [3.8, 4) is 5.75 Å². The number of carbonyl (C=O) groups is 1. The van der Waals surface area contributed by atoms with Gasteiger partial charge < -0.3 is 20.2 Å². The Morgan fingerprint density at radius 2 is 2.11 bits per heavy atom. The third-order valence-electron chi connectivity index (χ3n) is 2.03. The van der Waals surface area contributed by atoms with Crippen LogP contribution in [0.3, 0.4) is 0 Å². The van der Waals surface area contributed by atoms with Crippen molar-refractivity contribution in [3.63, 3.8) is 0 Å². The third-order valence-corrected chi connectivity index (χ3v) is 2.03. The van der Waals surface area contributed by atoms with Crippen LogP contribution in [-0.2, 0) is 11.3 Å². The summed E-state index contributed by atoms with van der Waals surface area (Å²) in [7, 11) is 0. The summed E-state index contributed by atoms with van der Waals surface area (Å²) in [4.78, 5) is 25.3. The van der Waals surface area contributed by atoms with Gasteiger partial charge in [-0.1, -0.05) is 0 Å². The number of nitrogens with one attached hydrogen (secondary N) is 1. The van der Waals surface area contributed by atoms with Crippen LogP contribution in [0.25, 0.3) is 0 Å². The molecule has 1 aromatic rings. The third kappa shape index (κ3) is 3.71. The molecule has 6 nitrogen and oxygen atoms in total. The van der Waals surface area contributed by atoms with Gasteiger partial charge in [0.25, 0.3) is 0 Å². The molecule has 3 N–H and O–H groups in total. The topological polar surface area (TPSA) is 94.4 Å². The second-order valence-electron chi connectivity index (χ2n) is 3.32. The molecular weight excluding hydrogens is 269 g/mol. The molecule has 106 valence electrons. The number of aromatic nitrogens is 1. The first-order valence-electron chi connectivity index (χ1n) is 5.17. The van der Waals surface area contributed by atoms with Crippen LogP contribution in [0.2, 0.25) is 0 Å². The van der Waals surface area contributed by atoms with Crippen molar-refractivity contribution in [1.29, 1.82) is 0 Å².